The number of aryl methyl sites for hydroxylation is 1. The molecule has 0 spiro atoms. The summed E-state index contributed by atoms with van der Waals surface area (Å²) in [5.74, 6) is 0.0809. The van der Waals surface area contributed by atoms with Crippen molar-refractivity contribution < 1.29 is 9.13 Å². The highest BCUT2D eigenvalue weighted by molar-refractivity contribution is 9.10. The molecular formula is C24H26BrFN2O2. The second-order valence-electron chi connectivity index (χ2n) is 7.67. The Kier molecular flexibility index (Phi) is 7.45. The number of nitrogens with zero attached hydrogens (tertiary/aromatic N) is 1. The summed E-state index contributed by atoms with van der Waals surface area (Å²) in [5, 5.41) is 3.40. The Morgan fingerprint density at radius 1 is 1.13 bits per heavy atom. The van der Waals surface area contributed by atoms with Crippen LogP contribution in [0.2, 0.25) is 0 Å². The normalized spacial score (nSPS) is 11.1. The molecule has 0 saturated heterocycles. The van der Waals surface area contributed by atoms with Crippen molar-refractivity contribution in [2.75, 3.05) is 0 Å². The number of hydrogen-bond acceptors (Lipinski definition) is 3. The number of aromatic nitrogens is 1. The van der Waals surface area contributed by atoms with Gasteiger partial charge in [0.2, 0.25) is 0 Å². The standard InChI is InChI=1S/C24H26BrFN2O2/c1-16(2)27-13-18-5-4-6-19(12-18)14-28-10-9-22(23(25)24(28)29)30-15-20-8-7-17(3)11-21(20)26/h4-12,16,27H,13-15H2,1-3H3. The zero-order valence-corrected chi connectivity index (χ0v) is 19.0. The third-order valence-electron chi connectivity index (χ3n) is 4.72. The summed E-state index contributed by atoms with van der Waals surface area (Å²) >= 11 is 3.34. The van der Waals surface area contributed by atoms with Gasteiger partial charge in [-0.05, 0) is 51.7 Å². The van der Waals surface area contributed by atoms with Crippen LogP contribution in [0.15, 0.2) is 64.0 Å². The van der Waals surface area contributed by atoms with E-state index in [0.29, 0.717) is 28.4 Å². The Balaban J connectivity index is 1.72. The molecule has 0 atom stereocenters. The molecule has 3 rings (SSSR count). The van der Waals surface area contributed by atoms with Crippen molar-refractivity contribution in [1.29, 1.82) is 0 Å². The Labute approximate surface area is 184 Å². The number of nitrogens with one attached hydrogen (secondary N) is 1. The quantitative estimate of drug-likeness (QED) is 0.490. The Morgan fingerprint density at radius 3 is 2.63 bits per heavy atom. The summed E-state index contributed by atoms with van der Waals surface area (Å²) in [7, 11) is 0. The van der Waals surface area contributed by atoms with E-state index in [-0.39, 0.29) is 18.0 Å². The monoisotopic (exact) mass is 472 g/mol. The highest BCUT2D eigenvalue weighted by Crippen LogP contribution is 2.22. The van der Waals surface area contributed by atoms with Gasteiger partial charge < -0.3 is 14.6 Å². The van der Waals surface area contributed by atoms with Crippen molar-refractivity contribution in [1.82, 2.24) is 9.88 Å². The fourth-order valence-electron chi connectivity index (χ4n) is 3.05. The van der Waals surface area contributed by atoms with Crippen molar-refractivity contribution >= 4 is 15.9 Å². The first-order chi connectivity index (χ1) is 14.3. The van der Waals surface area contributed by atoms with Crippen molar-refractivity contribution in [3.63, 3.8) is 0 Å². The molecule has 1 heterocycles. The molecule has 0 aliphatic heterocycles. The number of halogens is 2. The van der Waals surface area contributed by atoms with Crippen LogP contribution in [0, 0.1) is 12.7 Å². The lowest BCUT2D eigenvalue weighted by atomic mass is 10.1. The number of pyridine rings is 1. The molecule has 30 heavy (non-hydrogen) atoms. The van der Waals surface area contributed by atoms with Gasteiger partial charge in [-0.15, -0.1) is 0 Å². The van der Waals surface area contributed by atoms with E-state index in [1.165, 1.54) is 11.6 Å². The van der Waals surface area contributed by atoms with Gasteiger partial charge in [-0.2, -0.15) is 0 Å². The molecule has 158 valence electrons. The third-order valence-corrected chi connectivity index (χ3v) is 5.45. The van der Waals surface area contributed by atoms with E-state index in [4.69, 9.17) is 4.74 Å². The maximum Gasteiger partial charge on any atom is 0.268 e. The summed E-state index contributed by atoms with van der Waals surface area (Å²) in [5.41, 5.74) is 3.33. The van der Waals surface area contributed by atoms with Gasteiger partial charge in [-0.25, -0.2) is 4.39 Å². The molecule has 1 N–H and O–H groups in total. The summed E-state index contributed by atoms with van der Waals surface area (Å²) in [6, 6.07) is 15.3. The van der Waals surface area contributed by atoms with Crippen LogP contribution in [-0.2, 0) is 19.7 Å². The lowest BCUT2D eigenvalue weighted by Gasteiger charge is -2.13. The fraction of sp³-hybridized carbons (Fsp3) is 0.292. The average molecular weight is 473 g/mol. The van der Waals surface area contributed by atoms with Crippen LogP contribution in [0.5, 0.6) is 5.75 Å². The van der Waals surface area contributed by atoms with E-state index < -0.39 is 0 Å². The third kappa shape index (κ3) is 5.80. The first-order valence-corrected chi connectivity index (χ1v) is 10.7. The smallest absolute Gasteiger partial charge is 0.268 e. The molecule has 0 radical (unpaired) electrons. The largest absolute Gasteiger partial charge is 0.487 e. The second kappa shape index (κ2) is 10.0. The van der Waals surface area contributed by atoms with E-state index in [9.17, 15) is 9.18 Å². The molecule has 0 fully saturated rings. The summed E-state index contributed by atoms with van der Waals surface area (Å²) < 4.78 is 21.7. The maximum atomic E-state index is 14.0. The van der Waals surface area contributed by atoms with Gasteiger partial charge in [0.1, 0.15) is 22.6 Å². The van der Waals surface area contributed by atoms with Crippen LogP contribution in [0.25, 0.3) is 0 Å². The van der Waals surface area contributed by atoms with Gasteiger partial charge >= 0.3 is 0 Å². The predicted molar refractivity (Wildman–Crippen MR) is 121 cm³/mol. The highest BCUT2D eigenvalue weighted by Gasteiger charge is 2.11. The minimum Gasteiger partial charge on any atom is -0.487 e. The minimum atomic E-state index is -0.314. The van der Waals surface area contributed by atoms with Gasteiger partial charge in [-0.3, -0.25) is 4.79 Å². The molecule has 2 aromatic carbocycles. The van der Waals surface area contributed by atoms with Crippen molar-refractivity contribution in [3.05, 3.63) is 97.6 Å². The summed E-state index contributed by atoms with van der Waals surface area (Å²) in [6.07, 6.45) is 1.70. The van der Waals surface area contributed by atoms with E-state index in [2.05, 4.69) is 47.2 Å². The van der Waals surface area contributed by atoms with Gasteiger partial charge in [0.25, 0.3) is 5.56 Å². The van der Waals surface area contributed by atoms with Crippen LogP contribution in [0.3, 0.4) is 0 Å². The SMILES string of the molecule is Cc1ccc(COc2ccn(Cc3cccc(CNC(C)C)c3)c(=O)c2Br)c(F)c1. The van der Waals surface area contributed by atoms with Crippen molar-refractivity contribution in [2.45, 2.75) is 46.5 Å². The average Bonchev–Trinajstić information content (AvgIpc) is 2.71. The van der Waals surface area contributed by atoms with Crippen LogP contribution >= 0.6 is 15.9 Å². The molecule has 1 aromatic heterocycles. The van der Waals surface area contributed by atoms with Crippen LogP contribution in [0.1, 0.15) is 36.1 Å². The molecule has 0 aliphatic rings. The first-order valence-electron chi connectivity index (χ1n) is 9.91. The van der Waals surface area contributed by atoms with Crippen LogP contribution in [0.4, 0.5) is 4.39 Å². The lowest BCUT2D eigenvalue weighted by Crippen LogP contribution is -2.22. The zero-order valence-electron chi connectivity index (χ0n) is 17.4. The minimum absolute atomic E-state index is 0.0546. The van der Waals surface area contributed by atoms with E-state index >= 15 is 0 Å². The zero-order chi connectivity index (χ0) is 21.7. The number of rotatable bonds is 8. The summed E-state index contributed by atoms with van der Waals surface area (Å²) in [6.45, 7) is 7.35. The molecule has 4 nitrogen and oxygen atoms in total. The van der Waals surface area contributed by atoms with E-state index in [1.54, 1.807) is 22.9 Å². The lowest BCUT2D eigenvalue weighted by molar-refractivity contribution is 0.296. The molecule has 0 unspecified atom stereocenters. The molecule has 0 amide bonds. The van der Waals surface area contributed by atoms with Gasteiger partial charge in [0.05, 0.1) is 6.54 Å². The molecule has 3 aromatic rings. The second-order valence-corrected chi connectivity index (χ2v) is 8.46. The fourth-order valence-corrected chi connectivity index (χ4v) is 3.52. The van der Waals surface area contributed by atoms with E-state index in [1.807, 2.05) is 25.1 Å². The molecule has 6 heteroatoms. The Morgan fingerprint density at radius 2 is 1.90 bits per heavy atom. The first kappa shape index (κ1) is 22.2. The topological polar surface area (TPSA) is 43.3 Å². The molecule has 0 bridgehead atoms. The van der Waals surface area contributed by atoms with Crippen molar-refractivity contribution in [3.8, 4) is 5.75 Å². The van der Waals surface area contributed by atoms with Crippen LogP contribution in [-0.4, -0.2) is 10.6 Å². The van der Waals surface area contributed by atoms with Gasteiger partial charge in [0, 0.05) is 24.3 Å². The van der Waals surface area contributed by atoms with Crippen LogP contribution < -0.4 is 15.6 Å². The van der Waals surface area contributed by atoms with E-state index in [0.717, 1.165) is 17.7 Å². The number of hydrogen-bond donors (Lipinski definition) is 1. The Hall–Kier alpha value is -2.44. The van der Waals surface area contributed by atoms with Gasteiger partial charge in [0.15, 0.2) is 0 Å². The molecule has 0 aliphatic carbocycles. The highest BCUT2D eigenvalue weighted by atomic mass is 79.9. The predicted octanol–water partition coefficient (Wildman–Crippen LogP) is 5.18. The molecule has 0 saturated carbocycles. The summed E-state index contributed by atoms with van der Waals surface area (Å²) in [4.78, 5) is 12.8. The van der Waals surface area contributed by atoms with Gasteiger partial charge in [-0.1, -0.05) is 50.2 Å². The number of ether oxygens (including phenoxy) is 1. The maximum absolute atomic E-state index is 14.0. The molecular weight excluding hydrogens is 447 g/mol. The van der Waals surface area contributed by atoms with Crippen molar-refractivity contribution in [2.24, 2.45) is 0 Å². The number of benzene rings is 2. The Bertz CT molecular complexity index is 1080.